The molecule has 1 aliphatic rings. The second-order valence-corrected chi connectivity index (χ2v) is 6.27. The zero-order chi connectivity index (χ0) is 17.1. The van der Waals surface area contributed by atoms with Gasteiger partial charge < -0.3 is 15.3 Å². The zero-order valence-electron chi connectivity index (χ0n) is 14.2. The van der Waals surface area contributed by atoms with Gasteiger partial charge in [-0.25, -0.2) is 9.48 Å². The number of hydrogen-bond donors (Lipinski definition) is 2. The van der Waals surface area contributed by atoms with E-state index in [0.717, 1.165) is 22.6 Å². The fourth-order valence-electron chi connectivity index (χ4n) is 3.10. The Morgan fingerprint density at radius 3 is 2.58 bits per heavy atom. The number of aliphatic hydroxyl groups excluding tert-OH is 1. The van der Waals surface area contributed by atoms with E-state index in [-0.39, 0.29) is 12.1 Å². The molecule has 6 nitrogen and oxygen atoms in total. The largest absolute Gasteiger partial charge is 0.393 e. The molecule has 0 bridgehead atoms. The Hall–Kier alpha value is -2.34. The topological polar surface area (TPSA) is 70.4 Å². The van der Waals surface area contributed by atoms with Gasteiger partial charge in [0, 0.05) is 30.9 Å². The van der Waals surface area contributed by atoms with Crippen molar-refractivity contribution in [2.45, 2.75) is 39.3 Å². The number of para-hydroxylation sites is 1. The Morgan fingerprint density at radius 1 is 1.25 bits per heavy atom. The fourth-order valence-corrected chi connectivity index (χ4v) is 3.10. The number of likely N-dealkylation sites (tertiary alicyclic amines) is 1. The number of nitrogens with zero attached hydrogens (tertiary/aromatic N) is 3. The quantitative estimate of drug-likeness (QED) is 0.907. The Kier molecular flexibility index (Phi) is 4.85. The highest BCUT2D eigenvalue weighted by atomic mass is 16.3. The van der Waals surface area contributed by atoms with Crippen LogP contribution in [-0.2, 0) is 6.54 Å². The van der Waals surface area contributed by atoms with Crippen LogP contribution < -0.4 is 5.32 Å². The summed E-state index contributed by atoms with van der Waals surface area (Å²) >= 11 is 0. The molecular weight excluding hydrogens is 304 g/mol. The Bertz CT molecular complexity index is 703. The van der Waals surface area contributed by atoms with E-state index in [1.165, 1.54) is 0 Å². The van der Waals surface area contributed by atoms with E-state index in [0.29, 0.717) is 32.5 Å². The smallest absolute Gasteiger partial charge is 0.317 e. The minimum atomic E-state index is -0.275. The van der Waals surface area contributed by atoms with Crippen molar-refractivity contribution in [1.29, 1.82) is 0 Å². The first-order chi connectivity index (χ1) is 11.6. The molecule has 24 heavy (non-hydrogen) atoms. The lowest BCUT2D eigenvalue weighted by molar-refractivity contribution is 0.0936. The molecule has 1 aromatic carbocycles. The normalized spacial score (nSPS) is 15.5. The highest BCUT2D eigenvalue weighted by molar-refractivity contribution is 5.74. The van der Waals surface area contributed by atoms with Gasteiger partial charge in [-0.15, -0.1) is 0 Å². The molecule has 1 aromatic heterocycles. The summed E-state index contributed by atoms with van der Waals surface area (Å²) in [6, 6.07) is 9.90. The van der Waals surface area contributed by atoms with E-state index >= 15 is 0 Å². The van der Waals surface area contributed by atoms with Crippen LogP contribution in [0.1, 0.15) is 29.8 Å². The minimum Gasteiger partial charge on any atom is -0.393 e. The van der Waals surface area contributed by atoms with Crippen LogP contribution in [-0.4, -0.2) is 45.0 Å². The molecular formula is C18H24N4O2. The summed E-state index contributed by atoms with van der Waals surface area (Å²) in [5.74, 6) is 0. The van der Waals surface area contributed by atoms with Crippen molar-refractivity contribution in [1.82, 2.24) is 20.0 Å². The van der Waals surface area contributed by atoms with Crippen LogP contribution in [0, 0.1) is 13.8 Å². The number of aryl methyl sites for hydroxylation is 1. The van der Waals surface area contributed by atoms with Crippen LogP contribution in [0.25, 0.3) is 5.69 Å². The number of carbonyl (C=O) groups excluding carboxylic acids is 1. The third-order valence-corrected chi connectivity index (χ3v) is 4.61. The molecule has 1 aliphatic heterocycles. The van der Waals surface area contributed by atoms with E-state index < -0.39 is 0 Å². The average molecular weight is 328 g/mol. The molecule has 2 heterocycles. The van der Waals surface area contributed by atoms with Crippen molar-refractivity contribution in [2.75, 3.05) is 13.1 Å². The number of amides is 2. The Labute approximate surface area is 142 Å². The van der Waals surface area contributed by atoms with Crippen molar-refractivity contribution >= 4 is 6.03 Å². The van der Waals surface area contributed by atoms with Crippen LogP contribution in [0.2, 0.25) is 0 Å². The van der Waals surface area contributed by atoms with E-state index in [9.17, 15) is 9.90 Å². The first-order valence-electron chi connectivity index (χ1n) is 8.37. The van der Waals surface area contributed by atoms with E-state index in [1.54, 1.807) is 4.90 Å². The fraction of sp³-hybridized carbons (Fsp3) is 0.444. The molecule has 0 aliphatic carbocycles. The molecule has 0 spiro atoms. The van der Waals surface area contributed by atoms with Crippen molar-refractivity contribution in [3.8, 4) is 5.69 Å². The standard InChI is InChI=1S/C18H24N4O2/c1-13-17(12-19-18(24)21-10-8-16(23)9-11-21)14(2)22(20-13)15-6-4-3-5-7-15/h3-7,16,23H,8-12H2,1-2H3,(H,19,24). The highest BCUT2D eigenvalue weighted by Gasteiger charge is 2.21. The molecule has 6 heteroatoms. The number of carbonyl (C=O) groups is 1. The third-order valence-electron chi connectivity index (χ3n) is 4.61. The lowest BCUT2D eigenvalue weighted by atomic mass is 10.1. The molecule has 2 amide bonds. The maximum absolute atomic E-state index is 12.3. The number of rotatable bonds is 3. The van der Waals surface area contributed by atoms with Crippen LogP contribution in [0.3, 0.4) is 0 Å². The van der Waals surface area contributed by atoms with Gasteiger partial charge in [0.1, 0.15) is 0 Å². The lowest BCUT2D eigenvalue weighted by Crippen LogP contribution is -2.45. The molecule has 0 radical (unpaired) electrons. The molecule has 2 aromatic rings. The van der Waals surface area contributed by atoms with Gasteiger partial charge in [-0.3, -0.25) is 0 Å². The minimum absolute atomic E-state index is 0.0758. The number of aromatic nitrogens is 2. The predicted octanol–water partition coefficient (Wildman–Crippen LogP) is 2.16. The number of hydrogen-bond acceptors (Lipinski definition) is 3. The van der Waals surface area contributed by atoms with Crippen LogP contribution in [0.5, 0.6) is 0 Å². The molecule has 0 atom stereocenters. The van der Waals surface area contributed by atoms with Crippen LogP contribution >= 0.6 is 0 Å². The van der Waals surface area contributed by atoms with Gasteiger partial charge in [-0.1, -0.05) is 18.2 Å². The Balaban J connectivity index is 1.68. The average Bonchev–Trinajstić information content (AvgIpc) is 2.88. The molecule has 2 N–H and O–H groups in total. The molecule has 128 valence electrons. The van der Waals surface area contributed by atoms with Crippen molar-refractivity contribution in [3.05, 3.63) is 47.3 Å². The maximum atomic E-state index is 12.3. The monoisotopic (exact) mass is 328 g/mol. The highest BCUT2D eigenvalue weighted by Crippen LogP contribution is 2.18. The van der Waals surface area contributed by atoms with E-state index in [1.807, 2.05) is 48.9 Å². The van der Waals surface area contributed by atoms with Crippen LogP contribution in [0.4, 0.5) is 4.79 Å². The zero-order valence-corrected chi connectivity index (χ0v) is 14.2. The first kappa shape index (κ1) is 16.5. The van der Waals surface area contributed by atoms with Crippen molar-refractivity contribution in [2.24, 2.45) is 0 Å². The van der Waals surface area contributed by atoms with E-state index in [2.05, 4.69) is 10.4 Å². The summed E-state index contributed by atoms with van der Waals surface area (Å²) in [4.78, 5) is 14.0. The van der Waals surface area contributed by atoms with E-state index in [4.69, 9.17) is 0 Å². The first-order valence-corrected chi connectivity index (χ1v) is 8.37. The third kappa shape index (κ3) is 3.43. The van der Waals surface area contributed by atoms with Crippen molar-refractivity contribution < 1.29 is 9.90 Å². The van der Waals surface area contributed by atoms with Gasteiger partial charge in [-0.05, 0) is 38.8 Å². The van der Waals surface area contributed by atoms with Gasteiger partial charge in [0.2, 0.25) is 0 Å². The van der Waals surface area contributed by atoms with Crippen molar-refractivity contribution in [3.63, 3.8) is 0 Å². The molecule has 0 unspecified atom stereocenters. The number of nitrogens with one attached hydrogen (secondary N) is 1. The summed E-state index contributed by atoms with van der Waals surface area (Å²) in [5, 5.41) is 17.1. The molecule has 1 fully saturated rings. The SMILES string of the molecule is Cc1nn(-c2ccccc2)c(C)c1CNC(=O)N1CCC(O)CC1. The second-order valence-electron chi connectivity index (χ2n) is 6.27. The number of piperidine rings is 1. The summed E-state index contributed by atoms with van der Waals surface area (Å²) in [6.07, 6.45) is 1.03. The molecule has 0 saturated carbocycles. The maximum Gasteiger partial charge on any atom is 0.317 e. The molecule has 1 saturated heterocycles. The summed E-state index contributed by atoms with van der Waals surface area (Å²) < 4.78 is 1.91. The van der Waals surface area contributed by atoms with Gasteiger partial charge in [0.15, 0.2) is 0 Å². The lowest BCUT2D eigenvalue weighted by Gasteiger charge is -2.29. The van der Waals surface area contributed by atoms with Gasteiger partial charge in [0.05, 0.1) is 17.5 Å². The van der Waals surface area contributed by atoms with Gasteiger partial charge >= 0.3 is 6.03 Å². The number of aliphatic hydroxyl groups is 1. The molecule has 3 rings (SSSR count). The summed E-state index contributed by atoms with van der Waals surface area (Å²) in [5.41, 5.74) is 4.02. The Morgan fingerprint density at radius 2 is 1.92 bits per heavy atom. The predicted molar refractivity (Wildman–Crippen MR) is 92.1 cm³/mol. The summed E-state index contributed by atoms with van der Waals surface area (Å²) in [7, 11) is 0. The summed E-state index contributed by atoms with van der Waals surface area (Å²) in [6.45, 7) is 5.65. The number of benzene rings is 1. The number of urea groups is 1. The van der Waals surface area contributed by atoms with Gasteiger partial charge in [-0.2, -0.15) is 5.10 Å². The van der Waals surface area contributed by atoms with Gasteiger partial charge in [0.25, 0.3) is 0 Å². The second kappa shape index (κ2) is 7.05. The van der Waals surface area contributed by atoms with Crippen LogP contribution in [0.15, 0.2) is 30.3 Å².